The van der Waals surface area contributed by atoms with Crippen molar-refractivity contribution in [2.75, 3.05) is 14.2 Å². The van der Waals surface area contributed by atoms with E-state index in [0.717, 1.165) is 8.95 Å². The zero-order valence-corrected chi connectivity index (χ0v) is 25.2. The number of hydrogen-bond donors (Lipinski definition) is 5. The zero-order chi connectivity index (χ0) is 30.6. The highest BCUT2D eigenvalue weighted by Crippen LogP contribution is 2.36. The number of amides is 2. The van der Waals surface area contributed by atoms with Gasteiger partial charge in [0.25, 0.3) is 17.4 Å². The number of ether oxygens (including phenoxy) is 2. The second-order valence-electron chi connectivity index (χ2n) is 8.78. The number of hydrogen-bond acceptors (Lipinski definition) is 9. The minimum absolute atomic E-state index is 0.00754. The summed E-state index contributed by atoms with van der Waals surface area (Å²) >= 11 is 6.64. The molecule has 0 aliphatic carbocycles. The van der Waals surface area contributed by atoms with E-state index >= 15 is 0 Å². The molecule has 1 aliphatic heterocycles. The molecule has 0 bridgehead atoms. The molecule has 0 unspecified atom stereocenters. The van der Waals surface area contributed by atoms with Gasteiger partial charge in [0.15, 0.2) is 11.5 Å². The number of carbonyl (C=O) groups excluding carboxylic acids is 2. The van der Waals surface area contributed by atoms with Crippen LogP contribution < -0.4 is 15.6 Å². The van der Waals surface area contributed by atoms with E-state index < -0.39 is 11.5 Å². The number of carbonyl (C=O) groups is 2. The molecular formula is C29H23Br2N3O8. The van der Waals surface area contributed by atoms with Gasteiger partial charge in [0.05, 0.1) is 38.2 Å². The first kappa shape index (κ1) is 30.3. The minimum atomic E-state index is -0.447. The van der Waals surface area contributed by atoms with Gasteiger partial charge in [-0.3, -0.25) is 29.7 Å². The molecule has 0 fully saturated rings. The van der Waals surface area contributed by atoms with Crippen LogP contribution in [0.2, 0.25) is 0 Å². The van der Waals surface area contributed by atoms with E-state index in [-0.39, 0.29) is 35.6 Å². The standard InChI is InChI=1S/C18H15BrN2O5.C11H8BrNO3/c1-26-16-14(22)4-9(5-15(16)23)7-20-8-13-12-6-10(19)2-3-11(12)17(24)21-18(13)25;1-16-5-9-8-4-6(12)2-3-7(8)10(14)13-11(9)15/h2-6,8,22-23H,7H2,1H3,(H2,21,24,25);2-5H,1H3,(H,13,14,15). The number of H-pyrrole nitrogens is 1. The largest absolute Gasteiger partial charge is 0.504 e. The van der Waals surface area contributed by atoms with E-state index in [4.69, 9.17) is 9.47 Å². The third-order valence-corrected chi connectivity index (χ3v) is 7.02. The lowest BCUT2D eigenvalue weighted by molar-refractivity contribution is -0.114. The highest BCUT2D eigenvalue weighted by atomic mass is 79.9. The first-order chi connectivity index (χ1) is 20.0. The van der Waals surface area contributed by atoms with Crippen molar-refractivity contribution < 1.29 is 34.4 Å². The predicted molar refractivity (Wildman–Crippen MR) is 163 cm³/mol. The number of aromatic hydroxyl groups is 3. The molecule has 11 nitrogen and oxygen atoms in total. The third kappa shape index (κ3) is 6.47. The van der Waals surface area contributed by atoms with E-state index in [9.17, 15) is 29.7 Å². The summed E-state index contributed by atoms with van der Waals surface area (Å²) in [6, 6.07) is 13.1. The summed E-state index contributed by atoms with van der Waals surface area (Å²) in [5.41, 5.74) is 1.90. The van der Waals surface area contributed by atoms with Crippen molar-refractivity contribution in [2.24, 2.45) is 4.99 Å². The topological polar surface area (TPSA) is 171 Å². The molecule has 216 valence electrons. The van der Waals surface area contributed by atoms with Crippen LogP contribution in [-0.2, 0) is 16.1 Å². The monoisotopic (exact) mass is 699 g/mol. The summed E-state index contributed by atoms with van der Waals surface area (Å²) in [4.78, 5) is 41.7. The molecule has 42 heavy (non-hydrogen) atoms. The summed E-state index contributed by atoms with van der Waals surface area (Å²) in [5, 5.41) is 32.9. The fourth-order valence-electron chi connectivity index (χ4n) is 4.17. The van der Waals surface area contributed by atoms with Gasteiger partial charge in [-0.2, -0.15) is 0 Å². The van der Waals surface area contributed by atoms with Crippen LogP contribution in [0.4, 0.5) is 0 Å². The number of nitrogens with one attached hydrogen (secondary N) is 2. The number of nitrogens with zero attached hydrogens (tertiary/aromatic N) is 1. The molecule has 0 radical (unpaired) electrons. The van der Waals surface area contributed by atoms with Crippen LogP contribution in [0.3, 0.4) is 0 Å². The van der Waals surface area contributed by atoms with E-state index in [1.165, 1.54) is 38.8 Å². The molecule has 1 aliphatic rings. The fraction of sp³-hybridized carbons (Fsp3) is 0.103. The van der Waals surface area contributed by atoms with E-state index in [1.807, 2.05) is 0 Å². The van der Waals surface area contributed by atoms with Crippen molar-refractivity contribution in [3.05, 3.63) is 96.3 Å². The molecule has 5 N–H and O–H groups in total. The van der Waals surface area contributed by atoms with Crippen LogP contribution in [0.25, 0.3) is 16.3 Å². The number of fused-ring (bicyclic) bond motifs is 2. The number of pyridine rings is 1. The number of methoxy groups -OCH3 is 2. The number of phenolic OH excluding ortho intramolecular Hbond substituents is 2. The Morgan fingerprint density at radius 2 is 1.52 bits per heavy atom. The molecule has 5 rings (SSSR count). The number of phenols is 2. The Bertz CT molecular complexity index is 1810. The summed E-state index contributed by atoms with van der Waals surface area (Å²) < 4.78 is 11.3. The highest BCUT2D eigenvalue weighted by molar-refractivity contribution is 9.10. The zero-order valence-electron chi connectivity index (χ0n) is 22.1. The summed E-state index contributed by atoms with van der Waals surface area (Å²) in [5.74, 6) is -1.52. The molecule has 4 aromatic rings. The number of halogens is 2. The summed E-state index contributed by atoms with van der Waals surface area (Å²) in [7, 11) is 2.79. The van der Waals surface area contributed by atoms with Gasteiger partial charge < -0.3 is 24.8 Å². The Kier molecular flexibility index (Phi) is 9.33. The normalized spacial score (nSPS) is 13.5. The van der Waals surface area contributed by atoms with Crippen molar-refractivity contribution in [2.45, 2.75) is 6.54 Å². The van der Waals surface area contributed by atoms with E-state index in [2.05, 4.69) is 47.2 Å². The minimum Gasteiger partial charge on any atom is -0.504 e. The Labute approximate surface area is 255 Å². The maximum absolute atomic E-state index is 12.0. The van der Waals surface area contributed by atoms with Gasteiger partial charge in [-0.05, 0) is 54.1 Å². The highest BCUT2D eigenvalue weighted by Gasteiger charge is 2.27. The summed E-state index contributed by atoms with van der Waals surface area (Å²) in [6.45, 7) is 0.138. The van der Waals surface area contributed by atoms with Crippen molar-refractivity contribution in [3.8, 4) is 23.1 Å². The molecule has 2 amide bonds. The van der Waals surface area contributed by atoms with E-state index in [0.29, 0.717) is 38.6 Å². The lowest BCUT2D eigenvalue weighted by Gasteiger charge is -2.17. The number of aliphatic imine (C=N–C) groups is 1. The molecule has 1 aromatic heterocycles. The van der Waals surface area contributed by atoms with Crippen LogP contribution >= 0.6 is 31.9 Å². The van der Waals surface area contributed by atoms with Crippen molar-refractivity contribution >= 4 is 66.2 Å². The van der Waals surface area contributed by atoms with Crippen molar-refractivity contribution in [1.82, 2.24) is 10.3 Å². The third-order valence-electron chi connectivity index (χ3n) is 6.04. The number of rotatable bonds is 5. The maximum atomic E-state index is 12.0. The number of aromatic amines is 1. The fourth-order valence-corrected chi connectivity index (χ4v) is 4.89. The molecule has 0 atom stereocenters. The van der Waals surface area contributed by atoms with Crippen LogP contribution in [0.1, 0.15) is 27.0 Å². The Hall–Kier alpha value is -4.62. The van der Waals surface area contributed by atoms with E-state index in [1.54, 1.807) is 36.4 Å². The van der Waals surface area contributed by atoms with Gasteiger partial charge >= 0.3 is 0 Å². The average Bonchev–Trinajstić information content (AvgIpc) is 2.92. The average molecular weight is 701 g/mol. The molecular weight excluding hydrogens is 678 g/mol. The van der Waals surface area contributed by atoms with Gasteiger partial charge in [0.1, 0.15) is 0 Å². The first-order valence-corrected chi connectivity index (χ1v) is 13.6. The SMILES string of the molecule is COC=C1C(=O)NC(=O)c2ccc(Br)cc21.COc1c(O)cc(CN=Cc2c(O)[nH]c(=O)c3ccc(Br)cc23)cc1O. The Balaban J connectivity index is 0.000000216. The maximum Gasteiger partial charge on any atom is 0.261 e. The second kappa shape index (κ2) is 12.9. The summed E-state index contributed by atoms with van der Waals surface area (Å²) in [6.07, 6.45) is 2.76. The number of benzene rings is 3. The van der Waals surface area contributed by atoms with Gasteiger partial charge in [-0.25, -0.2) is 0 Å². The van der Waals surface area contributed by atoms with Crippen LogP contribution in [0.15, 0.2) is 73.5 Å². The van der Waals surface area contributed by atoms with Gasteiger partial charge in [0.2, 0.25) is 11.6 Å². The molecule has 0 spiro atoms. The van der Waals surface area contributed by atoms with Gasteiger partial charge in [0, 0.05) is 37.1 Å². The first-order valence-electron chi connectivity index (χ1n) is 12.1. The molecule has 2 heterocycles. The second-order valence-corrected chi connectivity index (χ2v) is 10.6. The molecule has 13 heteroatoms. The van der Waals surface area contributed by atoms with Crippen molar-refractivity contribution in [1.29, 1.82) is 0 Å². The Morgan fingerprint density at radius 3 is 2.19 bits per heavy atom. The molecule has 3 aromatic carbocycles. The predicted octanol–water partition coefficient (Wildman–Crippen LogP) is 4.74. The quantitative estimate of drug-likeness (QED) is 0.0860. The van der Waals surface area contributed by atoms with Gasteiger partial charge in [-0.15, -0.1) is 0 Å². The number of aromatic nitrogens is 1. The lowest BCUT2D eigenvalue weighted by Crippen LogP contribution is -2.36. The molecule has 0 saturated heterocycles. The van der Waals surface area contributed by atoms with Gasteiger partial charge in [-0.1, -0.05) is 31.9 Å². The smallest absolute Gasteiger partial charge is 0.261 e. The van der Waals surface area contributed by atoms with Crippen molar-refractivity contribution in [3.63, 3.8) is 0 Å². The lowest BCUT2D eigenvalue weighted by atomic mass is 9.96. The van der Waals surface area contributed by atoms with Crippen LogP contribution in [0.5, 0.6) is 23.1 Å². The molecule has 0 saturated carbocycles. The Morgan fingerprint density at radius 1 is 0.857 bits per heavy atom. The van der Waals surface area contributed by atoms with Crippen LogP contribution in [0, 0.1) is 0 Å². The number of imide groups is 1. The van der Waals surface area contributed by atoms with Crippen LogP contribution in [-0.4, -0.2) is 52.6 Å².